The zero-order valence-electron chi connectivity index (χ0n) is 11.2. The van der Waals surface area contributed by atoms with Crippen molar-refractivity contribution >= 4 is 17.6 Å². The van der Waals surface area contributed by atoms with Crippen LogP contribution < -0.4 is 0 Å². The molecule has 1 N–H and O–H groups in total. The highest BCUT2D eigenvalue weighted by Gasteiger charge is 2.42. The first-order valence-electron chi connectivity index (χ1n) is 6.72. The summed E-state index contributed by atoms with van der Waals surface area (Å²) in [6.45, 7) is 0.253. The molecule has 1 aliphatic rings. The van der Waals surface area contributed by atoms with Gasteiger partial charge in [-0.05, 0) is 29.3 Å². The summed E-state index contributed by atoms with van der Waals surface area (Å²) >= 11 is 6.11. The predicted octanol–water partition coefficient (Wildman–Crippen LogP) is 2.03. The number of carbonyl (C=O) groups is 1. The van der Waals surface area contributed by atoms with Gasteiger partial charge in [-0.2, -0.15) is 0 Å². The Morgan fingerprint density at radius 1 is 1.43 bits per heavy atom. The van der Waals surface area contributed by atoms with E-state index in [9.17, 15) is 9.90 Å². The van der Waals surface area contributed by atoms with Crippen LogP contribution in [0.4, 0.5) is 0 Å². The lowest BCUT2D eigenvalue weighted by molar-refractivity contribution is -0.149. The van der Waals surface area contributed by atoms with Crippen molar-refractivity contribution in [2.75, 3.05) is 0 Å². The molecule has 1 aliphatic carbocycles. The van der Waals surface area contributed by atoms with Crippen molar-refractivity contribution in [3.8, 4) is 11.4 Å². The van der Waals surface area contributed by atoms with Gasteiger partial charge < -0.3 is 5.11 Å². The molecular formula is C13H14ClN5O2. The quantitative estimate of drug-likeness (QED) is 0.929. The van der Waals surface area contributed by atoms with Crippen LogP contribution >= 0.6 is 11.6 Å². The lowest BCUT2D eigenvalue weighted by Crippen LogP contribution is -2.33. The Morgan fingerprint density at radius 3 is 2.86 bits per heavy atom. The van der Waals surface area contributed by atoms with E-state index in [1.807, 2.05) is 0 Å². The fraction of sp³-hybridized carbons (Fsp3) is 0.462. The van der Waals surface area contributed by atoms with Crippen LogP contribution in [0.1, 0.15) is 25.7 Å². The number of rotatable bonds is 4. The largest absolute Gasteiger partial charge is 0.481 e. The van der Waals surface area contributed by atoms with Gasteiger partial charge in [-0.3, -0.25) is 9.78 Å². The van der Waals surface area contributed by atoms with E-state index in [-0.39, 0.29) is 6.54 Å². The normalized spacial score (nSPS) is 17.0. The summed E-state index contributed by atoms with van der Waals surface area (Å²) in [5, 5.41) is 21.6. The molecule has 0 spiro atoms. The van der Waals surface area contributed by atoms with E-state index >= 15 is 0 Å². The van der Waals surface area contributed by atoms with Crippen molar-refractivity contribution in [2.45, 2.75) is 32.2 Å². The maximum Gasteiger partial charge on any atom is 0.311 e. The molecule has 3 rings (SSSR count). The zero-order chi connectivity index (χ0) is 14.9. The monoisotopic (exact) mass is 307 g/mol. The average molecular weight is 308 g/mol. The Bertz CT molecular complexity index is 666. The van der Waals surface area contributed by atoms with Gasteiger partial charge in [0.05, 0.1) is 17.0 Å². The van der Waals surface area contributed by atoms with Gasteiger partial charge in [-0.1, -0.05) is 24.4 Å². The summed E-state index contributed by atoms with van der Waals surface area (Å²) in [5.74, 6) is -0.322. The number of hydrogen-bond acceptors (Lipinski definition) is 5. The first-order valence-corrected chi connectivity index (χ1v) is 7.10. The highest BCUT2D eigenvalue weighted by atomic mass is 35.5. The highest BCUT2D eigenvalue weighted by molar-refractivity contribution is 6.33. The maximum atomic E-state index is 11.6. The van der Waals surface area contributed by atoms with Crippen molar-refractivity contribution < 1.29 is 9.90 Å². The first-order chi connectivity index (χ1) is 10.1. The Kier molecular flexibility index (Phi) is 3.59. The predicted molar refractivity (Wildman–Crippen MR) is 74.6 cm³/mol. The second kappa shape index (κ2) is 5.40. The molecule has 0 unspecified atom stereocenters. The smallest absolute Gasteiger partial charge is 0.311 e. The van der Waals surface area contributed by atoms with Crippen molar-refractivity contribution in [3.63, 3.8) is 0 Å². The van der Waals surface area contributed by atoms with Crippen LogP contribution in [0.3, 0.4) is 0 Å². The molecule has 0 saturated heterocycles. The van der Waals surface area contributed by atoms with Crippen molar-refractivity contribution in [2.24, 2.45) is 5.41 Å². The molecule has 110 valence electrons. The lowest BCUT2D eigenvalue weighted by Gasteiger charge is -2.23. The number of halogens is 1. The summed E-state index contributed by atoms with van der Waals surface area (Å²) in [5.41, 5.74) is -0.140. The van der Waals surface area contributed by atoms with Crippen molar-refractivity contribution in [1.29, 1.82) is 0 Å². The molecule has 0 aliphatic heterocycles. The molecule has 0 radical (unpaired) electrons. The van der Waals surface area contributed by atoms with Gasteiger partial charge >= 0.3 is 5.97 Å². The van der Waals surface area contributed by atoms with E-state index in [1.54, 1.807) is 12.3 Å². The molecule has 2 heterocycles. The Balaban J connectivity index is 1.97. The second-order valence-electron chi connectivity index (χ2n) is 5.31. The van der Waals surface area contributed by atoms with Crippen LogP contribution in [0.2, 0.25) is 5.02 Å². The molecule has 7 nitrogen and oxygen atoms in total. The Labute approximate surface area is 125 Å². The van der Waals surface area contributed by atoms with E-state index in [4.69, 9.17) is 11.6 Å². The molecule has 0 aromatic carbocycles. The van der Waals surface area contributed by atoms with Crippen LogP contribution in [0.15, 0.2) is 18.5 Å². The Hall–Kier alpha value is -2.02. The molecule has 1 saturated carbocycles. The first kappa shape index (κ1) is 13.9. The molecule has 8 heteroatoms. The molecule has 0 atom stereocenters. The van der Waals surface area contributed by atoms with Gasteiger partial charge in [0.25, 0.3) is 0 Å². The second-order valence-corrected chi connectivity index (χ2v) is 5.72. The number of aromatic nitrogens is 5. The number of carboxylic acid groups (broad SMARTS) is 1. The third kappa shape index (κ3) is 2.49. The van der Waals surface area contributed by atoms with E-state index in [1.165, 1.54) is 10.9 Å². The molecule has 0 bridgehead atoms. The molecule has 2 aromatic heterocycles. The van der Waals surface area contributed by atoms with Gasteiger partial charge in [0, 0.05) is 18.0 Å². The summed E-state index contributed by atoms with van der Waals surface area (Å²) in [7, 11) is 0. The summed E-state index contributed by atoms with van der Waals surface area (Å²) in [6.07, 6.45) is 6.23. The van der Waals surface area contributed by atoms with Crippen LogP contribution in [0.5, 0.6) is 0 Å². The molecular weight excluding hydrogens is 294 g/mol. The van der Waals surface area contributed by atoms with Crippen LogP contribution in [-0.4, -0.2) is 36.3 Å². The third-order valence-electron chi connectivity index (χ3n) is 4.01. The number of aliphatic carboxylic acids is 1. The third-order valence-corrected chi connectivity index (χ3v) is 4.31. The molecule has 2 aromatic rings. The van der Waals surface area contributed by atoms with Gasteiger partial charge in [-0.15, -0.1) is 5.10 Å². The Morgan fingerprint density at radius 2 is 2.19 bits per heavy atom. The lowest BCUT2D eigenvalue weighted by atomic mass is 9.86. The van der Waals surface area contributed by atoms with Gasteiger partial charge in [0.2, 0.25) is 0 Å². The van der Waals surface area contributed by atoms with Crippen LogP contribution in [-0.2, 0) is 11.3 Å². The number of tetrazole rings is 1. The van der Waals surface area contributed by atoms with Crippen LogP contribution in [0, 0.1) is 5.41 Å². The number of pyridine rings is 1. The minimum Gasteiger partial charge on any atom is -0.481 e. The van der Waals surface area contributed by atoms with E-state index < -0.39 is 11.4 Å². The summed E-state index contributed by atoms with van der Waals surface area (Å²) < 4.78 is 1.53. The van der Waals surface area contributed by atoms with Crippen LogP contribution in [0.25, 0.3) is 11.4 Å². The van der Waals surface area contributed by atoms with E-state index in [2.05, 4.69) is 20.5 Å². The van der Waals surface area contributed by atoms with Crippen molar-refractivity contribution in [3.05, 3.63) is 23.5 Å². The summed E-state index contributed by atoms with van der Waals surface area (Å²) in [4.78, 5) is 15.6. The SMILES string of the molecule is O=C(O)C1(Cn2nnnc2-c2ccncc2Cl)CCCC1. The van der Waals surface area contributed by atoms with Gasteiger partial charge in [0.15, 0.2) is 5.82 Å². The number of nitrogens with zero attached hydrogens (tertiary/aromatic N) is 5. The zero-order valence-corrected chi connectivity index (χ0v) is 12.0. The van der Waals surface area contributed by atoms with E-state index in [0.717, 1.165) is 12.8 Å². The summed E-state index contributed by atoms with van der Waals surface area (Å²) in [6, 6.07) is 1.71. The molecule has 0 amide bonds. The van der Waals surface area contributed by atoms with Gasteiger partial charge in [0.1, 0.15) is 0 Å². The standard InChI is InChI=1S/C13H14ClN5O2/c14-10-7-15-6-3-9(10)11-16-17-18-19(11)8-13(12(20)21)4-1-2-5-13/h3,6-7H,1-2,4-5,8H2,(H,20,21). The van der Waals surface area contributed by atoms with Crippen molar-refractivity contribution in [1.82, 2.24) is 25.2 Å². The fourth-order valence-electron chi connectivity index (χ4n) is 2.84. The van der Waals surface area contributed by atoms with E-state index in [0.29, 0.717) is 29.3 Å². The molecule has 21 heavy (non-hydrogen) atoms. The van der Waals surface area contributed by atoms with Gasteiger partial charge in [-0.25, -0.2) is 4.68 Å². The average Bonchev–Trinajstić information content (AvgIpc) is 3.10. The minimum absolute atomic E-state index is 0.253. The number of carboxylic acids is 1. The topological polar surface area (TPSA) is 93.8 Å². The maximum absolute atomic E-state index is 11.6. The highest BCUT2D eigenvalue weighted by Crippen LogP contribution is 2.40. The molecule has 1 fully saturated rings. The number of hydrogen-bond donors (Lipinski definition) is 1. The fourth-order valence-corrected chi connectivity index (χ4v) is 3.04. The minimum atomic E-state index is -0.790.